The second-order valence-corrected chi connectivity index (χ2v) is 7.81. The van der Waals surface area contributed by atoms with Gasteiger partial charge in [0.25, 0.3) is 0 Å². The second-order valence-electron chi connectivity index (χ2n) is 5.68. The van der Waals surface area contributed by atoms with Crippen LogP contribution in [0.3, 0.4) is 0 Å². The van der Waals surface area contributed by atoms with Gasteiger partial charge >= 0.3 is 7.60 Å². The van der Waals surface area contributed by atoms with Gasteiger partial charge in [0.1, 0.15) is 0 Å². The third-order valence-electron chi connectivity index (χ3n) is 2.80. The van der Waals surface area contributed by atoms with Gasteiger partial charge in [0.05, 0.1) is 18.3 Å². The van der Waals surface area contributed by atoms with Crippen molar-refractivity contribution in [3.8, 4) is 6.07 Å². The van der Waals surface area contributed by atoms with Gasteiger partial charge in [-0.1, -0.05) is 29.8 Å². The van der Waals surface area contributed by atoms with E-state index < -0.39 is 13.3 Å². The maximum absolute atomic E-state index is 13.0. The summed E-state index contributed by atoms with van der Waals surface area (Å²) in [6.07, 6.45) is -0.167. The van der Waals surface area contributed by atoms with E-state index in [4.69, 9.17) is 9.05 Å². The average molecular weight is 309 g/mol. The molecule has 0 aliphatic heterocycles. The molecule has 0 spiro atoms. The molecule has 0 aliphatic rings. The van der Waals surface area contributed by atoms with Crippen molar-refractivity contribution in [2.75, 3.05) is 0 Å². The fraction of sp³-hybridized carbons (Fsp3) is 0.562. The number of nitriles is 1. The van der Waals surface area contributed by atoms with Crippen molar-refractivity contribution in [1.29, 1.82) is 5.26 Å². The summed E-state index contributed by atoms with van der Waals surface area (Å²) in [6, 6.07) is 9.93. The smallest absolute Gasteiger partial charge is 0.305 e. The van der Waals surface area contributed by atoms with Crippen molar-refractivity contribution >= 4 is 7.60 Å². The lowest BCUT2D eigenvalue weighted by Gasteiger charge is -2.26. The molecular formula is C16H24NO3P. The van der Waals surface area contributed by atoms with Gasteiger partial charge in [-0.05, 0) is 46.6 Å². The molecule has 0 N–H and O–H groups in total. The minimum atomic E-state index is -3.48. The van der Waals surface area contributed by atoms with E-state index >= 15 is 0 Å². The van der Waals surface area contributed by atoms with E-state index in [0.717, 1.165) is 11.1 Å². The molecule has 116 valence electrons. The van der Waals surface area contributed by atoms with Crippen molar-refractivity contribution in [3.05, 3.63) is 35.4 Å². The van der Waals surface area contributed by atoms with Crippen LogP contribution in [0.5, 0.6) is 0 Å². The molecule has 0 amide bonds. The monoisotopic (exact) mass is 309 g/mol. The van der Waals surface area contributed by atoms with Crippen LogP contribution in [-0.4, -0.2) is 17.9 Å². The zero-order chi connectivity index (χ0) is 16.0. The van der Waals surface area contributed by atoms with Gasteiger partial charge in [-0.2, -0.15) is 5.26 Å². The van der Waals surface area contributed by atoms with Crippen molar-refractivity contribution in [2.24, 2.45) is 0 Å². The van der Waals surface area contributed by atoms with Gasteiger partial charge < -0.3 is 9.05 Å². The van der Waals surface area contributed by atoms with Crippen molar-refractivity contribution in [2.45, 2.75) is 58.9 Å². The molecule has 0 aliphatic carbocycles. The van der Waals surface area contributed by atoms with Crippen LogP contribution >= 0.6 is 7.60 Å². The van der Waals surface area contributed by atoms with Gasteiger partial charge in [0.2, 0.25) is 0 Å². The fourth-order valence-corrected chi connectivity index (χ4v) is 4.03. The zero-order valence-electron chi connectivity index (χ0n) is 13.4. The van der Waals surface area contributed by atoms with E-state index in [0.29, 0.717) is 6.42 Å². The first-order chi connectivity index (χ1) is 9.76. The Morgan fingerprint density at radius 1 is 1.10 bits per heavy atom. The Kier molecular flexibility index (Phi) is 6.61. The lowest BCUT2D eigenvalue weighted by Crippen LogP contribution is -2.19. The van der Waals surface area contributed by atoms with Gasteiger partial charge in [0.15, 0.2) is 5.66 Å². The lowest BCUT2D eigenvalue weighted by atomic mass is 10.1. The molecule has 0 heterocycles. The van der Waals surface area contributed by atoms with E-state index in [9.17, 15) is 9.83 Å². The van der Waals surface area contributed by atoms with E-state index in [2.05, 4.69) is 6.07 Å². The highest BCUT2D eigenvalue weighted by Gasteiger charge is 2.38. The highest BCUT2D eigenvalue weighted by Crippen LogP contribution is 2.55. The molecule has 1 atom stereocenters. The molecule has 0 bridgehead atoms. The SMILES string of the molecule is Cc1ccc(CC(C#N)P(=O)(OC(C)C)OC(C)C)cc1. The van der Waals surface area contributed by atoms with E-state index in [-0.39, 0.29) is 12.2 Å². The molecule has 0 saturated carbocycles. The first-order valence-corrected chi connectivity index (χ1v) is 8.79. The standard InChI is InChI=1S/C16H24NO3P/c1-12(2)19-21(18,20-13(3)4)16(11-17)10-15-8-6-14(5)7-9-15/h6-9,12-13,16H,10H2,1-5H3. The lowest BCUT2D eigenvalue weighted by molar-refractivity contribution is 0.139. The van der Waals surface area contributed by atoms with Crippen LogP contribution in [0.25, 0.3) is 0 Å². The Morgan fingerprint density at radius 3 is 1.95 bits per heavy atom. The van der Waals surface area contributed by atoms with Gasteiger partial charge in [-0.3, -0.25) is 4.57 Å². The van der Waals surface area contributed by atoms with Crippen molar-refractivity contribution in [1.82, 2.24) is 0 Å². The van der Waals surface area contributed by atoms with Crippen LogP contribution in [-0.2, 0) is 20.0 Å². The molecule has 0 fully saturated rings. The third-order valence-corrected chi connectivity index (χ3v) is 5.29. The number of hydrogen-bond donors (Lipinski definition) is 0. The van der Waals surface area contributed by atoms with Crippen LogP contribution in [0.15, 0.2) is 24.3 Å². The van der Waals surface area contributed by atoms with Crippen LogP contribution in [0.1, 0.15) is 38.8 Å². The summed E-state index contributed by atoms with van der Waals surface area (Å²) >= 11 is 0. The minimum absolute atomic E-state index is 0.261. The quantitative estimate of drug-likeness (QED) is 0.697. The molecule has 0 saturated heterocycles. The Labute approximate surface area is 127 Å². The Morgan fingerprint density at radius 2 is 1.57 bits per heavy atom. The van der Waals surface area contributed by atoms with Crippen LogP contribution < -0.4 is 0 Å². The molecule has 1 aromatic rings. The molecule has 0 aromatic heterocycles. The van der Waals surface area contributed by atoms with E-state index in [1.165, 1.54) is 0 Å². The largest absolute Gasteiger partial charge is 0.348 e. The van der Waals surface area contributed by atoms with Crippen molar-refractivity contribution < 1.29 is 13.6 Å². The minimum Gasteiger partial charge on any atom is -0.305 e. The molecule has 1 aromatic carbocycles. The first kappa shape index (κ1) is 17.9. The molecule has 1 unspecified atom stereocenters. The summed E-state index contributed by atoms with van der Waals surface area (Å²) < 4.78 is 24.0. The second kappa shape index (κ2) is 7.75. The average Bonchev–Trinajstić information content (AvgIpc) is 2.35. The number of aryl methyl sites for hydroxylation is 1. The highest BCUT2D eigenvalue weighted by molar-refractivity contribution is 7.55. The molecule has 5 heteroatoms. The molecule has 4 nitrogen and oxygen atoms in total. The predicted octanol–water partition coefficient (Wildman–Crippen LogP) is 4.47. The Bertz CT molecular complexity index is 517. The summed E-state index contributed by atoms with van der Waals surface area (Å²) in [5, 5.41) is 9.42. The summed E-state index contributed by atoms with van der Waals surface area (Å²) in [5.74, 6) is 0. The van der Waals surface area contributed by atoms with E-state index in [1.807, 2.05) is 31.2 Å². The maximum Gasteiger partial charge on any atom is 0.348 e. The number of hydrogen-bond acceptors (Lipinski definition) is 4. The highest BCUT2D eigenvalue weighted by atomic mass is 31.2. The number of nitrogens with zero attached hydrogens (tertiary/aromatic N) is 1. The fourth-order valence-electron chi connectivity index (χ4n) is 1.94. The summed E-state index contributed by atoms with van der Waals surface area (Å²) in [4.78, 5) is 0. The summed E-state index contributed by atoms with van der Waals surface area (Å²) in [5.41, 5.74) is 1.30. The molecule has 21 heavy (non-hydrogen) atoms. The van der Waals surface area contributed by atoms with Gasteiger partial charge in [-0.15, -0.1) is 0 Å². The summed E-state index contributed by atoms with van der Waals surface area (Å²) in [6.45, 7) is 9.15. The summed E-state index contributed by atoms with van der Waals surface area (Å²) in [7, 11) is -3.48. The van der Waals surface area contributed by atoms with Crippen LogP contribution in [0.4, 0.5) is 0 Å². The van der Waals surface area contributed by atoms with Gasteiger partial charge in [-0.25, -0.2) is 0 Å². The molecule has 0 radical (unpaired) electrons. The molecular weight excluding hydrogens is 285 g/mol. The number of benzene rings is 1. The number of rotatable bonds is 7. The first-order valence-electron chi connectivity index (χ1n) is 7.18. The molecule has 1 rings (SSSR count). The maximum atomic E-state index is 13.0. The normalized spacial score (nSPS) is 13.4. The van der Waals surface area contributed by atoms with Crippen LogP contribution in [0, 0.1) is 18.3 Å². The third kappa shape index (κ3) is 5.63. The van der Waals surface area contributed by atoms with Crippen LogP contribution in [0.2, 0.25) is 0 Å². The zero-order valence-corrected chi connectivity index (χ0v) is 14.3. The van der Waals surface area contributed by atoms with Crippen molar-refractivity contribution in [3.63, 3.8) is 0 Å². The Hall–Kier alpha value is -1.14. The Balaban J connectivity index is 2.99. The predicted molar refractivity (Wildman–Crippen MR) is 84.3 cm³/mol. The topological polar surface area (TPSA) is 59.3 Å². The van der Waals surface area contributed by atoms with E-state index in [1.54, 1.807) is 27.7 Å². The van der Waals surface area contributed by atoms with Gasteiger partial charge in [0, 0.05) is 0 Å².